The van der Waals surface area contributed by atoms with Gasteiger partial charge in [0.2, 0.25) is 15.9 Å². The number of anilines is 1. The first-order chi connectivity index (χ1) is 13.4. The number of aromatic amines is 1. The van der Waals surface area contributed by atoms with Crippen molar-refractivity contribution in [3.8, 4) is 0 Å². The molecule has 0 fully saturated rings. The maximum atomic E-state index is 12.9. The number of sulfonamides is 1. The fraction of sp³-hybridized carbons (Fsp3) is 0.200. The second-order valence-electron chi connectivity index (χ2n) is 6.65. The van der Waals surface area contributed by atoms with Gasteiger partial charge in [0.05, 0.1) is 15.9 Å². The van der Waals surface area contributed by atoms with Crippen LogP contribution in [0.3, 0.4) is 0 Å². The first-order valence-corrected chi connectivity index (χ1v) is 10.4. The van der Waals surface area contributed by atoms with Crippen molar-refractivity contribution in [1.29, 1.82) is 0 Å². The van der Waals surface area contributed by atoms with E-state index in [1.54, 1.807) is 18.3 Å². The van der Waals surface area contributed by atoms with Crippen LogP contribution in [0, 0.1) is 0 Å². The van der Waals surface area contributed by atoms with Crippen LogP contribution in [0.4, 0.5) is 5.69 Å². The van der Waals surface area contributed by atoms with Crippen molar-refractivity contribution in [3.05, 3.63) is 60.4 Å². The van der Waals surface area contributed by atoms with Crippen molar-refractivity contribution in [3.63, 3.8) is 0 Å². The van der Waals surface area contributed by atoms with Gasteiger partial charge in [-0.25, -0.2) is 8.42 Å². The minimum Gasteiger partial charge on any atom is -0.359 e. The Hall–Kier alpha value is -2.97. The lowest BCUT2D eigenvalue weighted by atomic mass is 10.0. The molecule has 1 amide bonds. The number of fused-ring (bicyclic) bond motifs is 1. The van der Waals surface area contributed by atoms with Gasteiger partial charge in [-0.1, -0.05) is 6.08 Å². The molecule has 2 aromatic heterocycles. The Morgan fingerprint density at radius 3 is 2.68 bits per heavy atom. The molecule has 0 atom stereocenters. The van der Waals surface area contributed by atoms with E-state index in [1.807, 2.05) is 24.4 Å². The summed E-state index contributed by atoms with van der Waals surface area (Å²) in [5, 5.41) is 2.63. The zero-order valence-electron chi connectivity index (χ0n) is 15.3. The number of amides is 1. The monoisotopic (exact) mass is 396 g/mol. The van der Waals surface area contributed by atoms with Gasteiger partial charge in [-0.05, 0) is 48.4 Å². The van der Waals surface area contributed by atoms with Crippen molar-refractivity contribution < 1.29 is 13.2 Å². The minimum atomic E-state index is -3.59. The Bertz CT molecular complexity index is 1160. The number of carbonyl (C=O) groups is 1. The molecule has 144 valence electrons. The fourth-order valence-corrected chi connectivity index (χ4v) is 4.76. The van der Waals surface area contributed by atoms with Gasteiger partial charge in [0.15, 0.2) is 0 Å². The number of aromatic nitrogens is 2. The van der Waals surface area contributed by atoms with Gasteiger partial charge in [0.1, 0.15) is 0 Å². The molecule has 1 aromatic carbocycles. The number of carbonyl (C=O) groups excluding carboxylic acids is 1. The molecule has 2 N–H and O–H groups in total. The molecule has 1 aliphatic heterocycles. The molecule has 3 heterocycles. The molecule has 4 rings (SSSR count). The van der Waals surface area contributed by atoms with Crippen LogP contribution in [0.5, 0.6) is 0 Å². The lowest BCUT2D eigenvalue weighted by molar-refractivity contribution is -0.114. The molecular weight excluding hydrogens is 376 g/mol. The van der Waals surface area contributed by atoms with Crippen molar-refractivity contribution in [2.75, 3.05) is 18.4 Å². The number of hydrogen-bond donors (Lipinski definition) is 2. The summed E-state index contributed by atoms with van der Waals surface area (Å²) in [7, 11) is -3.59. The van der Waals surface area contributed by atoms with Gasteiger partial charge in [0, 0.05) is 43.7 Å². The Kier molecular flexibility index (Phi) is 4.74. The topological polar surface area (TPSA) is 95.2 Å². The summed E-state index contributed by atoms with van der Waals surface area (Å²) in [6, 6.07) is 10.1. The van der Waals surface area contributed by atoms with Gasteiger partial charge in [-0.15, -0.1) is 0 Å². The van der Waals surface area contributed by atoms with E-state index in [9.17, 15) is 13.2 Å². The zero-order chi connectivity index (χ0) is 19.7. The molecule has 0 spiro atoms. The van der Waals surface area contributed by atoms with Gasteiger partial charge in [-0.2, -0.15) is 4.31 Å². The summed E-state index contributed by atoms with van der Waals surface area (Å²) in [5.74, 6) is -0.198. The van der Waals surface area contributed by atoms with E-state index in [2.05, 4.69) is 15.3 Å². The smallest absolute Gasteiger partial charge is 0.243 e. The Morgan fingerprint density at radius 1 is 1.21 bits per heavy atom. The second kappa shape index (κ2) is 7.21. The predicted molar refractivity (Wildman–Crippen MR) is 108 cm³/mol. The molecule has 28 heavy (non-hydrogen) atoms. The molecule has 0 saturated heterocycles. The van der Waals surface area contributed by atoms with Gasteiger partial charge in [0.25, 0.3) is 0 Å². The van der Waals surface area contributed by atoms with Crippen LogP contribution in [-0.2, 0) is 14.8 Å². The fourth-order valence-electron chi connectivity index (χ4n) is 3.38. The number of pyridine rings is 1. The first-order valence-electron chi connectivity index (χ1n) is 8.94. The number of rotatable bonds is 4. The average Bonchev–Trinajstić information content (AvgIpc) is 3.12. The predicted octanol–water partition coefficient (Wildman–Crippen LogP) is 3.00. The highest BCUT2D eigenvalue weighted by Crippen LogP contribution is 2.30. The molecule has 1 aliphatic rings. The van der Waals surface area contributed by atoms with Crippen molar-refractivity contribution in [1.82, 2.24) is 14.3 Å². The number of H-pyrrole nitrogens is 1. The molecular formula is C20H20N4O3S. The molecule has 0 radical (unpaired) electrons. The normalized spacial score (nSPS) is 15.4. The van der Waals surface area contributed by atoms with E-state index in [0.717, 1.165) is 22.2 Å². The van der Waals surface area contributed by atoms with E-state index in [1.165, 1.54) is 23.4 Å². The van der Waals surface area contributed by atoms with Crippen molar-refractivity contribution in [2.45, 2.75) is 18.2 Å². The molecule has 0 bridgehead atoms. The Balaban J connectivity index is 1.54. The second-order valence-corrected chi connectivity index (χ2v) is 8.59. The van der Waals surface area contributed by atoms with E-state index in [4.69, 9.17) is 0 Å². The molecule has 3 aromatic rings. The van der Waals surface area contributed by atoms with Crippen LogP contribution >= 0.6 is 0 Å². The highest BCUT2D eigenvalue weighted by molar-refractivity contribution is 7.89. The number of benzene rings is 1. The van der Waals surface area contributed by atoms with Crippen molar-refractivity contribution in [2.24, 2.45) is 0 Å². The summed E-state index contributed by atoms with van der Waals surface area (Å²) in [5.41, 5.74) is 4.55. The Labute approximate surface area is 163 Å². The summed E-state index contributed by atoms with van der Waals surface area (Å²) in [6.45, 7) is 2.12. The van der Waals surface area contributed by atoms with E-state index in [0.29, 0.717) is 25.2 Å². The average molecular weight is 396 g/mol. The van der Waals surface area contributed by atoms with E-state index >= 15 is 0 Å². The molecule has 0 aliphatic carbocycles. The van der Waals surface area contributed by atoms with Crippen molar-refractivity contribution >= 4 is 38.2 Å². The van der Waals surface area contributed by atoms with Gasteiger partial charge in [-0.3, -0.25) is 9.78 Å². The number of nitrogens with zero attached hydrogens (tertiary/aromatic N) is 2. The lowest BCUT2D eigenvalue weighted by Gasteiger charge is -2.25. The SMILES string of the molecule is CC(=O)Nc1ccc(S(=O)(=O)N2CC=C(c3c[nH]c4cccnc34)CC2)cc1. The number of hydrogen-bond acceptors (Lipinski definition) is 4. The van der Waals surface area contributed by atoms with Crippen LogP contribution < -0.4 is 5.32 Å². The molecule has 8 heteroatoms. The van der Waals surface area contributed by atoms with Crippen LogP contribution in [0.1, 0.15) is 18.9 Å². The minimum absolute atomic E-state index is 0.198. The zero-order valence-corrected chi connectivity index (χ0v) is 16.2. The third kappa shape index (κ3) is 3.44. The largest absolute Gasteiger partial charge is 0.359 e. The van der Waals surface area contributed by atoms with E-state index < -0.39 is 10.0 Å². The van der Waals surface area contributed by atoms with Crippen LogP contribution in [0.15, 0.2) is 59.8 Å². The van der Waals surface area contributed by atoms with Gasteiger partial charge < -0.3 is 10.3 Å². The highest BCUT2D eigenvalue weighted by atomic mass is 32.2. The summed E-state index contributed by atoms with van der Waals surface area (Å²) in [4.78, 5) is 18.9. The summed E-state index contributed by atoms with van der Waals surface area (Å²) in [6.07, 6.45) is 6.25. The third-order valence-corrected chi connectivity index (χ3v) is 6.64. The third-order valence-electron chi connectivity index (χ3n) is 4.77. The Morgan fingerprint density at radius 2 is 2.00 bits per heavy atom. The maximum absolute atomic E-state index is 12.9. The summed E-state index contributed by atoms with van der Waals surface area (Å²) < 4.78 is 27.3. The summed E-state index contributed by atoms with van der Waals surface area (Å²) >= 11 is 0. The van der Waals surface area contributed by atoms with Crippen LogP contribution in [0.25, 0.3) is 16.6 Å². The highest BCUT2D eigenvalue weighted by Gasteiger charge is 2.27. The maximum Gasteiger partial charge on any atom is 0.243 e. The number of nitrogens with one attached hydrogen (secondary N) is 2. The van der Waals surface area contributed by atoms with E-state index in [-0.39, 0.29) is 10.8 Å². The van der Waals surface area contributed by atoms with Crippen LogP contribution in [0.2, 0.25) is 0 Å². The molecule has 7 nitrogen and oxygen atoms in total. The van der Waals surface area contributed by atoms with Crippen LogP contribution in [-0.4, -0.2) is 41.7 Å². The van der Waals surface area contributed by atoms with Gasteiger partial charge >= 0.3 is 0 Å². The first kappa shape index (κ1) is 18.4. The quantitative estimate of drug-likeness (QED) is 0.709. The lowest BCUT2D eigenvalue weighted by Crippen LogP contribution is -2.34. The molecule has 0 unspecified atom stereocenters. The standard InChI is InChI=1S/C20H20N4O3S/c1-14(25)23-16-4-6-17(7-5-16)28(26,27)24-11-8-15(9-12-24)18-13-22-19-3-2-10-21-20(18)19/h2-8,10,13,22H,9,11-12H2,1H3,(H,23,25). The molecule has 0 saturated carbocycles.